The summed E-state index contributed by atoms with van der Waals surface area (Å²) in [5.74, 6) is 0.740. The van der Waals surface area contributed by atoms with Crippen molar-refractivity contribution >= 4 is 0 Å². The zero-order chi connectivity index (χ0) is 9.68. The third-order valence-electron chi connectivity index (χ3n) is 1.74. The lowest BCUT2D eigenvalue weighted by atomic mass is 10.3. The first-order chi connectivity index (χ1) is 6.20. The van der Waals surface area contributed by atoms with E-state index in [1.807, 2.05) is 33.2 Å². The van der Waals surface area contributed by atoms with Crippen LogP contribution in [0.3, 0.4) is 0 Å². The van der Waals surface area contributed by atoms with E-state index < -0.39 is 0 Å². The van der Waals surface area contributed by atoms with Gasteiger partial charge in [0.05, 0.1) is 0 Å². The van der Waals surface area contributed by atoms with Gasteiger partial charge in [0.2, 0.25) is 5.88 Å². The number of likely N-dealkylation sites (N-methyl/N-ethyl adjacent to an activating group) is 1. The van der Waals surface area contributed by atoms with Crippen LogP contribution in [0.25, 0.3) is 0 Å². The van der Waals surface area contributed by atoms with Gasteiger partial charge in [0.1, 0.15) is 6.61 Å². The number of aryl methyl sites for hydroxylation is 1. The van der Waals surface area contributed by atoms with Crippen LogP contribution < -0.4 is 4.74 Å². The average molecular weight is 180 g/mol. The second-order valence-electron chi connectivity index (χ2n) is 3.28. The Morgan fingerprint density at radius 1 is 1.46 bits per heavy atom. The van der Waals surface area contributed by atoms with Crippen LogP contribution in [-0.4, -0.2) is 37.1 Å². The topological polar surface area (TPSA) is 25.4 Å². The minimum absolute atomic E-state index is 0.685. The molecule has 3 heteroatoms. The summed E-state index contributed by atoms with van der Waals surface area (Å²) in [5.41, 5.74) is 1.08. The molecule has 13 heavy (non-hydrogen) atoms. The second kappa shape index (κ2) is 4.82. The molecule has 0 N–H and O–H groups in total. The maximum Gasteiger partial charge on any atom is 0.216 e. The lowest BCUT2D eigenvalue weighted by Crippen LogP contribution is -2.19. The molecule has 0 saturated carbocycles. The number of hydrogen-bond acceptors (Lipinski definition) is 3. The van der Waals surface area contributed by atoms with Crippen LogP contribution in [0, 0.1) is 6.92 Å². The van der Waals surface area contributed by atoms with Gasteiger partial charge in [-0.25, -0.2) is 4.98 Å². The SMILES string of the molecule is Cc1cccnc1OCCN(C)C. The molecule has 0 aliphatic rings. The van der Waals surface area contributed by atoms with Gasteiger partial charge < -0.3 is 9.64 Å². The molecular formula is C10H16N2O. The number of rotatable bonds is 4. The summed E-state index contributed by atoms with van der Waals surface area (Å²) in [6.45, 7) is 3.60. The quantitative estimate of drug-likeness (QED) is 0.699. The van der Waals surface area contributed by atoms with Crippen molar-refractivity contribution in [2.45, 2.75) is 6.92 Å². The van der Waals surface area contributed by atoms with Crippen LogP contribution in [0.5, 0.6) is 5.88 Å². The van der Waals surface area contributed by atoms with Crippen LogP contribution >= 0.6 is 0 Å². The summed E-state index contributed by atoms with van der Waals surface area (Å²) in [7, 11) is 4.04. The van der Waals surface area contributed by atoms with Crippen LogP contribution in [0.4, 0.5) is 0 Å². The maximum absolute atomic E-state index is 5.49. The van der Waals surface area contributed by atoms with E-state index in [-0.39, 0.29) is 0 Å². The largest absolute Gasteiger partial charge is 0.476 e. The highest BCUT2D eigenvalue weighted by atomic mass is 16.5. The summed E-state index contributed by atoms with van der Waals surface area (Å²) in [5, 5.41) is 0. The highest BCUT2D eigenvalue weighted by molar-refractivity contribution is 5.23. The lowest BCUT2D eigenvalue weighted by molar-refractivity contribution is 0.252. The fourth-order valence-corrected chi connectivity index (χ4v) is 0.947. The van der Waals surface area contributed by atoms with Crippen molar-refractivity contribution in [2.24, 2.45) is 0 Å². The highest BCUT2D eigenvalue weighted by Crippen LogP contribution is 2.11. The zero-order valence-electron chi connectivity index (χ0n) is 8.45. The molecule has 1 heterocycles. The van der Waals surface area contributed by atoms with Gasteiger partial charge in [-0.05, 0) is 27.1 Å². The van der Waals surface area contributed by atoms with Crippen LogP contribution in [-0.2, 0) is 0 Å². The van der Waals surface area contributed by atoms with Gasteiger partial charge in [0.15, 0.2) is 0 Å². The van der Waals surface area contributed by atoms with Crippen molar-refractivity contribution in [3.8, 4) is 5.88 Å². The first-order valence-electron chi connectivity index (χ1n) is 4.39. The van der Waals surface area contributed by atoms with Gasteiger partial charge in [-0.3, -0.25) is 0 Å². The van der Waals surface area contributed by atoms with Gasteiger partial charge in [-0.1, -0.05) is 6.07 Å². The molecule has 0 aromatic carbocycles. The molecule has 0 amide bonds. The Hall–Kier alpha value is -1.09. The zero-order valence-corrected chi connectivity index (χ0v) is 8.45. The minimum atomic E-state index is 0.685. The Labute approximate surface area is 79.3 Å². The van der Waals surface area contributed by atoms with Crippen LogP contribution in [0.15, 0.2) is 18.3 Å². The predicted molar refractivity (Wildman–Crippen MR) is 53.0 cm³/mol. The van der Waals surface area contributed by atoms with Gasteiger partial charge >= 0.3 is 0 Å². The molecule has 0 aliphatic carbocycles. The Bertz CT molecular complexity index is 261. The van der Waals surface area contributed by atoms with Crippen LogP contribution in [0.1, 0.15) is 5.56 Å². The standard InChI is InChI=1S/C10H16N2O/c1-9-5-4-6-11-10(9)13-8-7-12(2)3/h4-6H,7-8H2,1-3H3. The molecule has 0 atom stereocenters. The summed E-state index contributed by atoms with van der Waals surface area (Å²) < 4.78 is 5.49. The molecule has 0 bridgehead atoms. The summed E-state index contributed by atoms with van der Waals surface area (Å²) in [4.78, 5) is 6.22. The van der Waals surface area contributed by atoms with Crippen molar-refractivity contribution < 1.29 is 4.74 Å². The van der Waals surface area contributed by atoms with Gasteiger partial charge in [-0.2, -0.15) is 0 Å². The van der Waals surface area contributed by atoms with Gasteiger partial charge in [0, 0.05) is 18.3 Å². The van der Waals surface area contributed by atoms with Crippen molar-refractivity contribution in [2.75, 3.05) is 27.2 Å². The molecule has 0 unspecified atom stereocenters. The van der Waals surface area contributed by atoms with Crippen molar-refractivity contribution in [1.29, 1.82) is 0 Å². The molecule has 72 valence electrons. The number of pyridine rings is 1. The molecular weight excluding hydrogens is 164 g/mol. The van der Waals surface area contributed by atoms with E-state index in [1.54, 1.807) is 6.20 Å². The molecule has 0 fully saturated rings. The molecule has 3 nitrogen and oxygen atoms in total. The van der Waals surface area contributed by atoms with E-state index in [4.69, 9.17) is 4.74 Å². The molecule has 0 saturated heterocycles. The molecule has 1 aromatic rings. The number of nitrogens with zero attached hydrogens (tertiary/aromatic N) is 2. The predicted octanol–water partition coefficient (Wildman–Crippen LogP) is 1.33. The number of hydrogen-bond donors (Lipinski definition) is 0. The van der Waals surface area contributed by atoms with E-state index in [0.717, 1.165) is 18.0 Å². The lowest BCUT2D eigenvalue weighted by Gasteiger charge is -2.11. The molecule has 1 rings (SSSR count). The van der Waals surface area contributed by atoms with E-state index in [9.17, 15) is 0 Å². The molecule has 0 aliphatic heterocycles. The fraction of sp³-hybridized carbons (Fsp3) is 0.500. The summed E-state index contributed by atoms with van der Waals surface area (Å²) in [6.07, 6.45) is 1.75. The first kappa shape index (κ1) is 9.99. The maximum atomic E-state index is 5.49. The minimum Gasteiger partial charge on any atom is -0.476 e. The number of aromatic nitrogens is 1. The Morgan fingerprint density at radius 2 is 2.23 bits per heavy atom. The van der Waals surface area contributed by atoms with E-state index in [2.05, 4.69) is 9.88 Å². The Kier molecular flexibility index (Phi) is 3.71. The van der Waals surface area contributed by atoms with Gasteiger partial charge in [0.25, 0.3) is 0 Å². The molecule has 0 spiro atoms. The monoisotopic (exact) mass is 180 g/mol. The molecule has 1 aromatic heterocycles. The molecule has 0 radical (unpaired) electrons. The van der Waals surface area contributed by atoms with Crippen molar-refractivity contribution in [3.05, 3.63) is 23.9 Å². The summed E-state index contributed by atoms with van der Waals surface area (Å²) >= 11 is 0. The second-order valence-corrected chi connectivity index (χ2v) is 3.28. The van der Waals surface area contributed by atoms with E-state index >= 15 is 0 Å². The average Bonchev–Trinajstić information content (AvgIpc) is 2.08. The van der Waals surface area contributed by atoms with E-state index in [0.29, 0.717) is 6.61 Å². The van der Waals surface area contributed by atoms with E-state index in [1.165, 1.54) is 0 Å². The third kappa shape index (κ3) is 3.42. The van der Waals surface area contributed by atoms with Crippen molar-refractivity contribution in [1.82, 2.24) is 9.88 Å². The smallest absolute Gasteiger partial charge is 0.216 e. The fourth-order valence-electron chi connectivity index (χ4n) is 0.947. The Balaban J connectivity index is 2.41. The Morgan fingerprint density at radius 3 is 2.85 bits per heavy atom. The summed E-state index contributed by atoms with van der Waals surface area (Å²) in [6, 6.07) is 3.91. The third-order valence-corrected chi connectivity index (χ3v) is 1.74. The van der Waals surface area contributed by atoms with Crippen LogP contribution in [0.2, 0.25) is 0 Å². The normalized spacial score (nSPS) is 10.5. The number of ether oxygens (including phenoxy) is 1. The van der Waals surface area contributed by atoms with Gasteiger partial charge in [-0.15, -0.1) is 0 Å². The highest BCUT2D eigenvalue weighted by Gasteiger charge is 1.98. The van der Waals surface area contributed by atoms with Crippen molar-refractivity contribution in [3.63, 3.8) is 0 Å². The first-order valence-corrected chi connectivity index (χ1v) is 4.39.